The number of fused-ring (bicyclic) bond motifs is 1. The summed E-state index contributed by atoms with van der Waals surface area (Å²) in [6.07, 6.45) is 6.83. The molecular formula is C34H43N3O7. The lowest BCUT2D eigenvalue weighted by Crippen LogP contribution is -2.44. The fourth-order valence-electron chi connectivity index (χ4n) is 5.90. The Kier molecular flexibility index (Phi) is 11.3. The topological polar surface area (TPSA) is 128 Å². The van der Waals surface area contributed by atoms with E-state index >= 15 is 0 Å². The number of piperidine rings is 1. The van der Waals surface area contributed by atoms with Crippen LogP contribution in [0.3, 0.4) is 0 Å². The molecule has 2 N–H and O–H groups in total. The number of aliphatic hydroxyl groups excluding tert-OH is 1. The van der Waals surface area contributed by atoms with Gasteiger partial charge < -0.3 is 29.6 Å². The molecule has 236 valence electrons. The van der Waals surface area contributed by atoms with E-state index < -0.39 is 17.4 Å². The molecule has 4 rings (SSSR count). The molecule has 2 aliphatic heterocycles. The summed E-state index contributed by atoms with van der Waals surface area (Å²) in [5.74, 6) is -1.68. The highest BCUT2D eigenvalue weighted by Crippen LogP contribution is 2.47. The number of hydrogen-bond donors (Lipinski definition) is 2. The van der Waals surface area contributed by atoms with Crippen LogP contribution in [0.25, 0.3) is 0 Å². The van der Waals surface area contributed by atoms with Gasteiger partial charge in [-0.1, -0.05) is 49.4 Å². The van der Waals surface area contributed by atoms with Crippen LogP contribution in [0.5, 0.6) is 0 Å². The fourth-order valence-corrected chi connectivity index (χ4v) is 5.90. The van der Waals surface area contributed by atoms with Crippen molar-refractivity contribution in [2.75, 3.05) is 43.2 Å². The van der Waals surface area contributed by atoms with Gasteiger partial charge in [-0.2, -0.15) is 0 Å². The molecule has 0 unspecified atom stereocenters. The van der Waals surface area contributed by atoms with Gasteiger partial charge in [-0.25, -0.2) is 0 Å². The molecule has 2 aromatic carbocycles. The van der Waals surface area contributed by atoms with Crippen molar-refractivity contribution < 1.29 is 34.1 Å². The van der Waals surface area contributed by atoms with Gasteiger partial charge in [0, 0.05) is 62.6 Å². The normalized spacial score (nSPS) is 18.9. The average molecular weight is 606 g/mol. The maximum Gasteiger partial charge on any atom is 0.305 e. The number of benzene rings is 2. The van der Waals surface area contributed by atoms with Crippen molar-refractivity contribution >= 4 is 35.1 Å². The number of hydrogen-bond acceptors (Lipinski definition) is 7. The number of nitrogens with zero attached hydrogens (tertiary/aromatic N) is 3. The number of ether oxygens (including phenoxy) is 1. The van der Waals surface area contributed by atoms with Crippen molar-refractivity contribution in [3.8, 4) is 0 Å². The van der Waals surface area contributed by atoms with E-state index in [1.807, 2.05) is 36.4 Å². The van der Waals surface area contributed by atoms with E-state index in [1.165, 1.54) is 7.11 Å². The second-order valence-electron chi connectivity index (χ2n) is 11.4. The maximum atomic E-state index is 13.9. The number of anilines is 2. The molecule has 0 saturated carbocycles. The summed E-state index contributed by atoms with van der Waals surface area (Å²) >= 11 is 0. The first-order chi connectivity index (χ1) is 21.2. The van der Waals surface area contributed by atoms with Crippen molar-refractivity contribution in [1.82, 2.24) is 4.90 Å². The quantitative estimate of drug-likeness (QED) is 0.191. The summed E-state index contributed by atoms with van der Waals surface area (Å²) in [6.45, 7) is 3.00. The minimum absolute atomic E-state index is 0.0122. The Morgan fingerprint density at radius 3 is 2.59 bits per heavy atom. The largest absolute Gasteiger partial charge is 0.469 e. The van der Waals surface area contributed by atoms with Crippen LogP contribution in [-0.4, -0.2) is 72.2 Å². The number of methoxy groups -OCH3 is 1. The van der Waals surface area contributed by atoms with E-state index in [2.05, 4.69) is 0 Å². The molecule has 0 spiro atoms. The summed E-state index contributed by atoms with van der Waals surface area (Å²) in [4.78, 5) is 56.1. The number of aliphatic hydroxyl groups is 2. The van der Waals surface area contributed by atoms with Crippen LogP contribution in [0.4, 0.5) is 11.4 Å². The number of carbonyl (C=O) groups is 4. The van der Waals surface area contributed by atoms with Crippen molar-refractivity contribution in [3.63, 3.8) is 0 Å². The first-order valence-corrected chi connectivity index (χ1v) is 15.4. The molecule has 10 nitrogen and oxygen atoms in total. The summed E-state index contributed by atoms with van der Waals surface area (Å²) in [5, 5.41) is 21.6. The molecule has 2 aliphatic rings. The third-order valence-corrected chi connectivity index (χ3v) is 8.44. The molecule has 0 aliphatic carbocycles. The van der Waals surface area contributed by atoms with Gasteiger partial charge in [-0.3, -0.25) is 19.2 Å². The van der Waals surface area contributed by atoms with Gasteiger partial charge in [0.05, 0.1) is 19.4 Å². The van der Waals surface area contributed by atoms with E-state index in [-0.39, 0.29) is 43.8 Å². The van der Waals surface area contributed by atoms with Gasteiger partial charge in [0.25, 0.3) is 5.91 Å². The van der Waals surface area contributed by atoms with Gasteiger partial charge in [0.1, 0.15) is 0 Å². The minimum atomic E-state index is -1.92. The summed E-state index contributed by atoms with van der Waals surface area (Å²) in [6, 6.07) is 14.8. The maximum absolute atomic E-state index is 13.9. The van der Waals surface area contributed by atoms with Gasteiger partial charge >= 0.3 is 5.97 Å². The molecule has 0 aromatic heterocycles. The van der Waals surface area contributed by atoms with E-state index in [0.29, 0.717) is 55.8 Å². The number of esters is 1. The van der Waals surface area contributed by atoms with E-state index in [4.69, 9.17) is 4.74 Å². The molecule has 1 saturated heterocycles. The molecule has 44 heavy (non-hydrogen) atoms. The molecular weight excluding hydrogens is 562 g/mol. The minimum Gasteiger partial charge on any atom is -0.469 e. The Labute approximate surface area is 258 Å². The molecule has 3 amide bonds. The van der Waals surface area contributed by atoms with Crippen LogP contribution in [0.15, 0.2) is 60.7 Å². The predicted molar refractivity (Wildman–Crippen MR) is 167 cm³/mol. The molecule has 10 heteroatoms. The first-order valence-electron chi connectivity index (χ1n) is 15.4. The lowest BCUT2D eigenvalue weighted by Gasteiger charge is -2.30. The molecule has 0 radical (unpaired) electrons. The first kappa shape index (κ1) is 32.9. The van der Waals surface area contributed by atoms with Crippen molar-refractivity contribution in [2.24, 2.45) is 5.92 Å². The van der Waals surface area contributed by atoms with Gasteiger partial charge in [-0.15, -0.1) is 0 Å². The van der Waals surface area contributed by atoms with Crippen LogP contribution >= 0.6 is 0 Å². The van der Waals surface area contributed by atoms with E-state index in [0.717, 1.165) is 18.4 Å². The summed E-state index contributed by atoms with van der Waals surface area (Å²) in [7, 11) is 1.34. The third-order valence-electron chi connectivity index (χ3n) is 8.44. The van der Waals surface area contributed by atoms with Crippen LogP contribution in [0, 0.1) is 5.92 Å². The molecule has 2 aromatic rings. The number of rotatable bonds is 14. The van der Waals surface area contributed by atoms with Crippen molar-refractivity contribution in [2.45, 2.75) is 64.0 Å². The Hall–Kier alpha value is -4.02. The zero-order valence-electron chi connectivity index (χ0n) is 25.6. The lowest BCUT2D eigenvalue weighted by atomic mass is 9.82. The van der Waals surface area contributed by atoms with Gasteiger partial charge in [0.15, 0.2) is 5.60 Å². The SMILES string of the molecule is COC(=O)CCCCN1C(=O)[C@@](O)([C@@H](C)/C=C/CC(=O)N(CCO)Cc2ccccc2)c2cc(N3CCCCC3=O)ccc21. The van der Waals surface area contributed by atoms with Gasteiger partial charge in [0.2, 0.25) is 11.8 Å². The fraction of sp³-hybridized carbons (Fsp3) is 0.471. The number of unbranched alkanes of at least 4 members (excludes halogenated alkanes) is 1. The van der Waals surface area contributed by atoms with Gasteiger partial charge in [-0.05, 0) is 49.4 Å². The Balaban J connectivity index is 1.55. The van der Waals surface area contributed by atoms with E-state index in [1.54, 1.807) is 45.9 Å². The number of amides is 3. The molecule has 2 heterocycles. The van der Waals surface area contributed by atoms with Crippen molar-refractivity contribution in [1.29, 1.82) is 0 Å². The molecule has 0 bridgehead atoms. The van der Waals surface area contributed by atoms with Crippen LogP contribution in [0.2, 0.25) is 0 Å². The zero-order valence-corrected chi connectivity index (χ0v) is 25.6. The van der Waals surface area contributed by atoms with Crippen LogP contribution < -0.4 is 9.80 Å². The second kappa shape index (κ2) is 15.1. The Morgan fingerprint density at radius 2 is 1.89 bits per heavy atom. The molecule has 2 atom stereocenters. The monoisotopic (exact) mass is 605 g/mol. The summed E-state index contributed by atoms with van der Waals surface area (Å²) < 4.78 is 4.72. The average Bonchev–Trinajstić information content (AvgIpc) is 3.25. The number of carbonyl (C=O) groups excluding carboxylic acids is 4. The second-order valence-corrected chi connectivity index (χ2v) is 11.4. The Morgan fingerprint density at radius 1 is 1.11 bits per heavy atom. The highest BCUT2D eigenvalue weighted by molar-refractivity contribution is 6.08. The van der Waals surface area contributed by atoms with Crippen LogP contribution in [-0.2, 0) is 36.1 Å². The third kappa shape index (κ3) is 7.36. The lowest BCUT2D eigenvalue weighted by molar-refractivity contribution is -0.140. The van der Waals surface area contributed by atoms with E-state index in [9.17, 15) is 29.4 Å². The standard InChI is InChI=1S/C34H43N3O7/c1-25(11-10-15-30(39)35(21-22-38)24-26-12-4-3-5-13-26)34(43)28-23-27(36-19-8-6-14-31(36)40)17-18-29(28)37(33(34)42)20-9-7-16-32(41)44-2/h3-5,10-13,17-18,23,25,38,43H,6-9,14-16,19-22,24H2,1-2H3/b11-10+/t25-,34+/m0/s1. The highest BCUT2D eigenvalue weighted by atomic mass is 16.5. The summed E-state index contributed by atoms with van der Waals surface area (Å²) in [5.41, 5.74) is 0.654. The zero-order chi connectivity index (χ0) is 31.7. The Bertz CT molecular complexity index is 1360. The molecule has 1 fully saturated rings. The van der Waals surface area contributed by atoms with Crippen molar-refractivity contribution in [3.05, 3.63) is 71.8 Å². The van der Waals surface area contributed by atoms with Crippen LogP contribution in [0.1, 0.15) is 63.0 Å². The smallest absolute Gasteiger partial charge is 0.305 e. The highest BCUT2D eigenvalue weighted by Gasteiger charge is 2.52. The predicted octanol–water partition coefficient (Wildman–Crippen LogP) is 3.68.